The van der Waals surface area contributed by atoms with Crippen molar-refractivity contribution in [2.45, 2.75) is 32.7 Å². The van der Waals surface area contributed by atoms with E-state index in [1.165, 1.54) is 0 Å². The molecule has 0 aliphatic carbocycles. The van der Waals surface area contributed by atoms with Crippen LogP contribution in [0.15, 0.2) is 41.2 Å². The highest BCUT2D eigenvalue weighted by molar-refractivity contribution is 5.92. The molecule has 1 fully saturated rings. The number of anilines is 2. The molecule has 0 unspecified atom stereocenters. The molecule has 4 heterocycles. The van der Waals surface area contributed by atoms with Crippen LogP contribution in [0.5, 0.6) is 0 Å². The van der Waals surface area contributed by atoms with Crippen molar-refractivity contribution in [2.75, 3.05) is 11.9 Å². The van der Waals surface area contributed by atoms with Crippen molar-refractivity contribution < 1.29 is 9.32 Å². The van der Waals surface area contributed by atoms with Gasteiger partial charge in [-0.3, -0.25) is 9.78 Å². The molecule has 8 heteroatoms. The molecule has 0 bridgehead atoms. The SMILES string of the molecule is Cc1cccc(Nc2nccnc2[C@@H]2CCCN2C(=O)c2cc(C)on2)n1. The lowest BCUT2D eigenvalue weighted by atomic mass is 10.1. The number of aryl methyl sites for hydroxylation is 2. The third-order valence-electron chi connectivity index (χ3n) is 4.54. The Kier molecular flexibility index (Phi) is 4.53. The van der Waals surface area contributed by atoms with E-state index in [1.807, 2.05) is 25.1 Å². The van der Waals surface area contributed by atoms with Gasteiger partial charge in [0, 0.05) is 30.7 Å². The van der Waals surface area contributed by atoms with E-state index in [4.69, 9.17) is 4.52 Å². The minimum Gasteiger partial charge on any atom is -0.361 e. The van der Waals surface area contributed by atoms with Crippen LogP contribution in [0.2, 0.25) is 0 Å². The number of nitrogens with zero attached hydrogens (tertiary/aromatic N) is 5. The molecule has 0 radical (unpaired) electrons. The Morgan fingerprint density at radius 1 is 1.26 bits per heavy atom. The highest BCUT2D eigenvalue weighted by Crippen LogP contribution is 2.35. The third kappa shape index (κ3) is 3.51. The number of pyridine rings is 1. The maximum atomic E-state index is 12.9. The smallest absolute Gasteiger partial charge is 0.276 e. The number of carbonyl (C=O) groups is 1. The van der Waals surface area contributed by atoms with Gasteiger partial charge in [-0.25, -0.2) is 9.97 Å². The number of hydrogen-bond acceptors (Lipinski definition) is 7. The molecule has 1 N–H and O–H groups in total. The molecular weight excluding hydrogens is 344 g/mol. The lowest BCUT2D eigenvalue weighted by molar-refractivity contribution is 0.0722. The van der Waals surface area contributed by atoms with E-state index < -0.39 is 0 Å². The van der Waals surface area contributed by atoms with Gasteiger partial charge in [0.05, 0.1) is 6.04 Å². The largest absolute Gasteiger partial charge is 0.361 e. The Balaban J connectivity index is 1.63. The highest BCUT2D eigenvalue weighted by Gasteiger charge is 2.34. The summed E-state index contributed by atoms with van der Waals surface area (Å²) in [4.78, 5) is 28.1. The second kappa shape index (κ2) is 7.14. The Morgan fingerprint density at radius 3 is 2.89 bits per heavy atom. The van der Waals surface area contributed by atoms with Gasteiger partial charge in [0.15, 0.2) is 11.5 Å². The number of rotatable bonds is 4. The van der Waals surface area contributed by atoms with Crippen LogP contribution in [-0.4, -0.2) is 37.5 Å². The molecular formula is C19H20N6O2. The molecule has 27 heavy (non-hydrogen) atoms. The number of nitrogens with one attached hydrogen (secondary N) is 1. The van der Waals surface area contributed by atoms with Gasteiger partial charge < -0.3 is 14.7 Å². The van der Waals surface area contributed by atoms with Crippen LogP contribution in [-0.2, 0) is 0 Å². The first-order chi connectivity index (χ1) is 13.1. The molecule has 1 amide bonds. The summed E-state index contributed by atoms with van der Waals surface area (Å²) in [7, 11) is 0. The summed E-state index contributed by atoms with van der Waals surface area (Å²) in [6.07, 6.45) is 4.98. The van der Waals surface area contributed by atoms with Gasteiger partial charge >= 0.3 is 0 Å². The maximum Gasteiger partial charge on any atom is 0.276 e. The van der Waals surface area contributed by atoms with E-state index in [2.05, 4.69) is 25.4 Å². The van der Waals surface area contributed by atoms with Crippen molar-refractivity contribution >= 4 is 17.5 Å². The van der Waals surface area contributed by atoms with Crippen LogP contribution < -0.4 is 5.32 Å². The average Bonchev–Trinajstić information content (AvgIpc) is 3.31. The Labute approximate surface area is 156 Å². The van der Waals surface area contributed by atoms with Crippen LogP contribution in [0.1, 0.15) is 46.5 Å². The molecule has 0 aromatic carbocycles. The molecule has 0 saturated carbocycles. The predicted molar refractivity (Wildman–Crippen MR) is 98.5 cm³/mol. The van der Waals surface area contributed by atoms with Gasteiger partial charge in [0.25, 0.3) is 5.91 Å². The average molecular weight is 364 g/mol. The van der Waals surface area contributed by atoms with E-state index in [-0.39, 0.29) is 11.9 Å². The maximum absolute atomic E-state index is 12.9. The fraction of sp³-hybridized carbons (Fsp3) is 0.316. The molecule has 1 atom stereocenters. The van der Waals surface area contributed by atoms with Crippen molar-refractivity contribution in [3.63, 3.8) is 0 Å². The number of amides is 1. The van der Waals surface area contributed by atoms with Crippen LogP contribution in [0.4, 0.5) is 11.6 Å². The first-order valence-electron chi connectivity index (χ1n) is 8.87. The molecule has 8 nitrogen and oxygen atoms in total. The van der Waals surface area contributed by atoms with E-state index >= 15 is 0 Å². The normalized spacial score (nSPS) is 16.5. The topological polar surface area (TPSA) is 97.0 Å². The lowest BCUT2D eigenvalue weighted by Crippen LogP contribution is -2.31. The van der Waals surface area contributed by atoms with Gasteiger partial charge in [-0.05, 0) is 38.8 Å². The van der Waals surface area contributed by atoms with Crippen molar-refractivity contribution in [3.05, 3.63) is 59.5 Å². The molecule has 3 aromatic heterocycles. The summed E-state index contributed by atoms with van der Waals surface area (Å²) in [6.45, 7) is 4.35. The quantitative estimate of drug-likeness (QED) is 0.759. The molecule has 1 aliphatic heterocycles. The number of carbonyl (C=O) groups excluding carboxylic acids is 1. The second-order valence-electron chi connectivity index (χ2n) is 6.56. The number of likely N-dealkylation sites (tertiary alicyclic amines) is 1. The van der Waals surface area contributed by atoms with E-state index in [0.29, 0.717) is 29.6 Å². The monoisotopic (exact) mass is 364 g/mol. The van der Waals surface area contributed by atoms with Crippen LogP contribution in [0.25, 0.3) is 0 Å². The number of hydrogen-bond donors (Lipinski definition) is 1. The molecule has 3 aromatic rings. The Hall–Kier alpha value is -3.29. The summed E-state index contributed by atoms with van der Waals surface area (Å²) < 4.78 is 5.05. The standard InChI is InChI=1S/C19H20N6O2/c1-12-5-3-7-16(22-12)23-18-17(20-8-9-21-18)15-6-4-10-25(15)19(26)14-11-13(2)27-24-14/h3,5,7-9,11,15H,4,6,10H2,1-2H3,(H,21,22,23)/t15-/m0/s1. The van der Waals surface area contributed by atoms with Crippen LogP contribution in [0, 0.1) is 13.8 Å². The lowest BCUT2D eigenvalue weighted by Gasteiger charge is -2.24. The van der Waals surface area contributed by atoms with Crippen LogP contribution >= 0.6 is 0 Å². The van der Waals surface area contributed by atoms with Crippen LogP contribution in [0.3, 0.4) is 0 Å². The van der Waals surface area contributed by atoms with Crippen molar-refractivity contribution in [3.8, 4) is 0 Å². The van der Waals surface area contributed by atoms with E-state index in [1.54, 1.807) is 30.3 Å². The van der Waals surface area contributed by atoms with E-state index in [0.717, 1.165) is 24.2 Å². The number of aromatic nitrogens is 4. The van der Waals surface area contributed by atoms with E-state index in [9.17, 15) is 4.79 Å². The summed E-state index contributed by atoms with van der Waals surface area (Å²) in [6, 6.07) is 7.22. The zero-order chi connectivity index (χ0) is 18.8. The summed E-state index contributed by atoms with van der Waals surface area (Å²) in [5, 5.41) is 7.10. The summed E-state index contributed by atoms with van der Waals surface area (Å²) in [5.41, 5.74) is 1.95. The fourth-order valence-electron chi connectivity index (χ4n) is 3.33. The van der Waals surface area contributed by atoms with Crippen molar-refractivity contribution in [2.24, 2.45) is 0 Å². The Bertz CT molecular complexity index is 970. The van der Waals surface area contributed by atoms with Crippen molar-refractivity contribution in [1.82, 2.24) is 25.0 Å². The molecule has 138 valence electrons. The van der Waals surface area contributed by atoms with Gasteiger partial charge in [0.1, 0.15) is 17.3 Å². The Morgan fingerprint density at radius 2 is 2.11 bits per heavy atom. The highest BCUT2D eigenvalue weighted by atomic mass is 16.5. The molecule has 1 aliphatic rings. The molecule has 0 spiro atoms. The van der Waals surface area contributed by atoms with Crippen molar-refractivity contribution in [1.29, 1.82) is 0 Å². The predicted octanol–water partition coefficient (Wildman–Crippen LogP) is 3.20. The minimum absolute atomic E-state index is 0.153. The zero-order valence-corrected chi connectivity index (χ0v) is 15.2. The van der Waals surface area contributed by atoms with Gasteiger partial charge in [-0.15, -0.1) is 0 Å². The third-order valence-corrected chi connectivity index (χ3v) is 4.54. The minimum atomic E-state index is -0.171. The zero-order valence-electron chi connectivity index (χ0n) is 15.2. The first-order valence-corrected chi connectivity index (χ1v) is 8.87. The summed E-state index contributed by atoms with van der Waals surface area (Å²) in [5.74, 6) is 1.76. The molecule has 1 saturated heterocycles. The van der Waals surface area contributed by atoms with Gasteiger partial charge in [-0.1, -0.05) is 11.2 Å². The second-order valence-corrected chi connectivity index (χ2v) is 6.56. The fourth-order valence-corrected chi connectivity index (χ4v) is 3.33. The first kappa shape index (κ1) is 17.1. The summed E-state index contributed by atoms with van der Waals surface area (Å²) >= 11 is 0. The molecule has 4 rings (SSSR count). The van der Waals surface area contributed by atoms with Gasteiger partial charge in [-0.2, -0.15) is 0 Å². The van der Waals surface area contributed by atoms with Gasteiger partial charge in [0.2, 0.25) is 0 Å².